The average molecular weight is 1580 g/mol. The van der Waals surface area contributed by atoms with Crippen LogP contribution in [0.15, 0.2) is 182 Å². The zero-order chi connectivity index (χ0) is 80.3. The Bertz CT molecular complexity index is 2800. The molecule has 0 heterocycles. The molecule has 0 spiro atoms. The molecule has 624 valence electrons. The first-order valence-electron chi connectivity index (χ1n) is 42.0. The maximum Gasteiger partial charge on any atom is 0.472 e. The number of aliphatic hydroxyl groups is 1. The van der Waals surface area contributed by atoms with Gasteiger partial charge in [-0.05, 0) is 180 Å². The molecule has 0 bridgehead atoms. The Balaban J connectivity index is 5.50. The van der Waals surface area contributed by atoms with E-state index in [0.717, 1.165) is 186 Å². The van der Waals surface area contributed by atoms with Crippen molar-refractivity contribution in [1.82, 2.24) is 0 Å². The summed E-state index contributed by atoms with van der Waals surface area (Å²) in [6, 6.07) is 0. The van der Waals surface area contributed by atoms with Crippen LogP contribution in [0.25, 0.3) is 0 Å². The Morgan fingerprint density at radius 1 is 0.264 bits per heavy atom. The number of hydrogen-bond donors (Lipinski definition) is 3. The summed E-state index contributed by atoms with van der Waals surface area (Å²) in [4.78, 5) is 73.2. The van der Waals surface area contributed by atoms with Gasteiger partial charge in [-0.3, -0.25) is 37.3 Å². The van der Waals surface area contributed by atoms with Gasteiger partial charge in [-0.1, -0.05) is 287 Å². The molecule has 5 unspecified atom stereocenters. The van der Waals surface area contributed by atoms with Crippen molar-refractivity contribution in [2.24, 2.45) is 0 Å². The second-order valence-corrected chi connectivity index (χ2v) is 30.2. The molecule has 5 atom stereocenters. The predicted molar refractivity (Wildman–Crippen MR) is 454 cm³/mol. The quantitative estimate of drug-likeness (QED) is 0.0169. The summed E-state index contributed by atoms with van der Waals surface area (Å²) in [7, 11) is -10.0. The van der Waals surface area contributed by atoms with Crippen LogP contribution in [0.5, 0.6) is 0 Å². The highest BCUT2D eigenvalue weighted by Gasteiger charge is 2.30. The zero-order valence-corrected chi connectivity index (χ0v) is 70.1. The molecule has 0 aromatic carbocycles. The molecule has 0 aliphatic rings. The lowest BCUT2D eigenvalue weighted by Gasteiger charge is -2.21. The Labute approximate surface area is 666 Å². The van der Waals surface area contributed by atoms with E-state index >= 15 is 0 Å². The summed E-state index contributed by atoms with van der Waals surface area (Å²) in [6.07, 6.45) is 98.6. The van der Waals surface area contributed by atoms with Gasteiger partial charge in [-0.15, -0.1) is 0 Å². The smallest absolute Gasteiger partial charge is 0.462 e. The number of phosphoric acid groups is 2. The van der Waals surface area contributed by atoms with Crippen molar-refractivity contribution in [2.75, 3.05) is 39.6 Å². The van der Waals surface area contributed by atoms with Gasteiger partial charge in [0.1, 0.15) is 19.3 Å². The first kappa shape index (κ1) is 104. The maximum absolute atomic E-state index is 13.1. The molecule has 19 heteroatoms. The van der Waals surface area contributed by atoms with Gasteiger partial charge in [-0.25, -0.2) is 9.13 Å². The molecule has 0 radical (unpaired) electrons. The van der Waals surface area contributed by atoms with E-state index in [1.54, 1.807) is 0 Å². The van der Waals surface area contributed by atoms with E-state index in [2.05, 4.69) is 198 Å². The van der Waals surface area contributed by atoms with Gasteiger partial charge < -0.3 is 33.8 Å². The first-order valence-corrected chi connectivity index (χ1v) is 45.0. The first-order chi connectivity index (χ1) is 53.7. The maximum atomic E-state index is 13.1. The molecule has 0 amide bonds. The summed E-state index contributed by atoms with van der Waals surface area (Å²) >= 11 is 0. The lowest BCUT2D eigenvalue weighted by Crippen LogP contribution is -2.30. The third-order valence-electron chi connectivity index (χ3n) is 16.8. The lowest BCUT2D eigenvalue weighted by molar-refractivity contribution is -0.161. The minimum Gasteiger partial charge on any atom is -0.462 e. The molecule has 0 saturated carbocycles. The largest absolute Gasteiger partial charge is 0.472 e. The summed E-state index contributed by atoms with van der Waals surface area (Å²) < 4.78 is 68.7. The van der Waals surface area contributed by atoms with E-state index in [0.29, 0.717) is 32.1 Å². The van der Waals surface area contributed by atoms with Gasteiger partial charge in [0, 0.05) is 25.7 Å². The van der Waals surface area contributed by atoms with E-state index < -0.39 is 97.5 Å². The normalized spacial score (nSPS) is 14.7. The minimum absolute atomic E-state index is 0.0595. The van der Waals surface area contributed by atoms with Crippen LogP contribution in [0, 0.1) is 0 Å². The van der Waals surface area contributed by atoms with Crippen molar-refractivity contribution in [3.05, 3.63) is 182 Å². The van der Waals surface area contributed by atoms with Gasteiger partial charge >= 0.3 is 39.5 Å². The molecular weight excluding hydrogens is 1430 g/mol. The number of phosphoric ester groups is 2. The number of allylic oxidation sites excluding steroid dienone is 30. The molecule has 0 fully saturated rings. The van der Waals surface area contributed by atoms with Crippen molar-refractivity contribution in [3.8, 4) is 0 Å². The molecular formula is C91H148O17P2. The fourth-order valence-electron chi connectivity index (χ4n) is 10.5. The fraction of sp³-hybridized carbons (Fsp3) is 0.626. The second kappa shape index (κ2) is 81.2. The Hall–Kier alpha value is -5.84. The molecule has 3 N–H and O–H groups in total. The Morgan fingerprint density at radius 2 is 0.482 bits per heavy atom. The number of hydrogen-bond acceptors (Lipinski definition) is 15. The monoisotopic (exact) mass is 1580 g/mol. The molecule has 0 aromatic heterocycles. The third kappa shape index (κ3) is 80.2. The number of carbonyl (C=O) groups is 4. The van der Waals surface area contributed by atoms with E-state index in [4.69, 9.17) is 37.0 Å². The molecule has 110 heavy (non-hydrogen) atoms. The molecule has 0 saturated heterocycles. The van der Waals surface area contributed by atoms with Crippen LogP contribution in [-0.2, 0) is 65.4 Å². The highest BCUT2D eigenvalue weighted by Crippen LogP contribution is 2.45. The van der Waals surface area contributed by atoms with Crippen LogP contribution in [0.1, 0.15) is 310 Å². The summed E-state index contributed by atoms with van der Waals surface area (Å²) in [6.45, 7) is 4.46. The van der Waals surface area contributed by atoms with E-state index in [1.165, 1.54) is 38.5 Å². The number of aliphatic hydroxyl groups excluding tert-OH is 1. The average Bonchev–Trinajstić information content (AvgIpc) is 0.900. The van der Waals surface area contributed by atoms with Crippen LogP contribution in [0.4, 0.5) is 0 Å². The zero-order valence-electron chi connectivity index (χ0n) is 68.4. The van der Waals surface area contributed by atoms with Gasteiger partial charge in [0.15, 0.2) is 12.2 Å². The van der Waals surface area contributed by atoms with Crippen LogP contribution in [0.3, 0.4) is 0 Å². The summed E-state index contributed by atoms with van der Waals surface area (Å²) in [5.41, 5.74) is 0. The van der Waals surface area contributed by atoms with Crippen LogP contribution in [0.2, 0.25) is 0 Å². The highest BCUT2D eigenvalue weighted by atomic mass is 31.2. The predicted octanol–water partition coefficient (Wildman–Crippen LogP) is 25.1. The summed E-state index contributed by atoms with van der Waals surface area (Å²) in [5.74, 6) is -2.32. The SMILES string of the molecule is CC/C=C\C/C=C\C/C=C\C/C=C\C/C=C\CCCCCC(=O)OCC(COP(=O)(O)OCC(O)COP(=O)(O)OCC(COC(=O)CCC/C=C\C/C=C\C/C=C\C/C=C\C/C=C\CC)OC(=O)CCCCCCC/C=C\C/C=C\CCCCC)OC(=O)CCCCCCCC/C=C\C/C=C\C/C=C\CCCCC. The Kier molecular flexibility index (Phi) is 76.9. The third-order valence-corrected chi connectivity index (χ3v) is 18.7. The molecule has 0 aliphatic carbocycles. The number of ether oxygens (including phenoxy) is 4. The lowest BCUT2D eigenvalue weighted by atomic mass is 10.1. The molecule has 0 rings (SSSR count). The molecule has 0 aliphatic heterocycles. The molecule has 17 nitrogen and oxygen atoms in total. The number of unbranched alkanes of at least 4 members (excludes halogenated alkanes) is 21. The van der Waals surface area contributed by atoms with E-state index in [9.17, 15) is 43.2 Å². The minimum atomic E-state index is -5.01. The molecule has 0 aromatic rings. The van der Waals surface area contributed by atoms with Gasteiger partial charge in [-0.2, -0.15) is 0 Å². The number of carbonyl (C=O) groups excluding carboxylic acids is 4. The second-order valence-electron chi connectivity index (χ2n) is 27.3. The number of esters is 4. The van der Waals surface area contributed by atoms with Crippen molar-refractivity contribution >= 4 is 39.5 Å². The summed E-state index contributed by atoms with van der Waals surface area (Å²) in [5, 5.41) is 10.7. The number of rotatable bonds is 77. The van der Waals surface area contributed by atoms with Gasteiger partial charge in [0.25, 0.3) is 0 Å². The van der Waals surface area contributed by atoms with E-state index in [-0.39, 0.29) is 25.7 Å². The van der Waals surface area contributed by atoms with Crippen molar-refractivity contribution in [2.45, 2.75) is 329 Å². The fourth-order valence-corrected chi connectivity index (χ4v) is 12.1. The highest BCUT2D eigenvalue weighted by molar-refractivity contribution is 7.47. The van der Waals surface area contributed by atoms with Crippen LogP contribution in [-0.4, -0.2) is 96.7 Å². The van der Waals surface area contributed by atoms with E-state index in [1.807, 2.05) is 12.2 Å². The standard InChI is InChI=1S/C91H148O17P2/c1-5-9-13-17-21-25-29-33-37-40-42-45-49-52-56-60-64-68-72-76-89(94)102-82-87(108-91(96)78-74-70-66-62-58-54-50-46-43-41-38-34-30-26-22-18-14-10-6-2)84-106-110(99,100)104-80-85(92)79-103-109(97,98)105-83-86(107-90(95)77-73-69-65-61-57-53-47-36-32-28-24-20-16-12-8-4)81-101-88(93)75-71-67-63-59-55-51-48-44-39-35-31-27-23-19-15-11-7-3/h9,11,13,15,21-28,33-39,42-43,45-48,51-52,56,59,63,85-87,92H,5-8,10,12,14,16-20,29-32,40-41,44,49-50,53-55,57-58,60-62,64-84H2,1-4H3,(H,97,98)(H,99,100)/b13-9-,15-11-,25-21-,26-22-,27-23-,28-24-,37-33-,38-34-,39-35-,45-42-,46-43-,47-36-,51-48-,56-52-,63-59-. The van der Waals surface area contributed by atoms with Crippen molar-refractivity contribution in [1.29, 1.82) is 0 Å². The topological polar surface area (TPSA) is 237 Å². The van der Waals surface area contributed by atoms with Gasteiger partial charge in [0.05, 0.1) is 26.4 Å². The Morgan fingerprint density at radius 3 is 0.773 bits per heavy atom. The van der Waals surface area contributed by atoms with Crippen LogP contribution >= 0.6 is 15.6 Å². The van der Waals surface area contributed by atoms with Gasteiger partial charge in [0.2, 0.25) is 0 Å². The van der Waals surface area contributed by atoms with Crippen molar-refractivity contribution < 1.29 is 80.2 Å². The van der Waals surface area contributed by atoms with Crippen LogP contribution < -0.4 is 0 Å². The van der Waals surface area contributed by atoms with Crippen molar-refractivity contribution in [3.63, 3.8) is 0 Å².